The molecule has 0 fully saturated rings. The standard InChI is InChI=1S/C16H16F3N5S/c1-15(2,3)24-13-11(12(20)21-8-22-13)14(23-24)25-10-6-4-5-9(7-10)16(17,18)19/h4-8H,1-3H3,(H2,20,21,22). The lowest BCUT2D eigenvalue weighted by Crippen LogP contribution is -2.23. The van der Waals surface area contributed by atoms with Gasteiger partial charge in [-0.2, -0.15) is 18.3 Å². The quantitative estimate of drug-likeness (QED) is 0.730. The van der Waals surface area contributed by atoms with Crippen LogP contribution in [0.25, 0.3) is 11.0 Å². The zero-order valence-corrected chi connectivity index (χ0v) is 14.6. The molecule has 0 amide bonds. The topological polar surface area (TPSA) is 69.6 Å². The van der Waals surface area contributed by atoms with E-state index >= 15 is 0 Å². The van der Waals surface area contributed by atoms with E-state index in [0.717, 1.165) is 23.9 Å². The van der Waals surface area contributed by atoms with Crippen molar-refractivity contribution in [3.8, 4) is 0 Å². The maximum Gasteiger partial charge on any atom is 0.416 e. The van der Waals surface area contributed by atoms with Gasteiger partial charge in [0.15, 0.2) is 5.65 Å². The molecule has 3 aromatic rings. The fraction of sp³-hybridized carbons (Fsp3) is 0.312. The number of rotatable bonds is 2. The summed E-state index contributed by atoms with van der Waals surface area (Å²) in [6.07, 6.45) is -3.05. The Labute approximate surface area is 146 Å². The van der Waals surface area contributed by atoms with E-state index in [0.29, 0.717) is 21.0 Å². The molecule has 9 heteroatoms. The van der Waals surface area contributed by atoms with E-state index in [9.17, 15) is 13.2 Å². The molecule has 0 unspecified atom stereocenters. The fourth-order valence-electron chi connectivity index (χ4n) is 2.33. The Hall–Kier alpha value is -2.29. The maximum atomic E-state index is 12.9. The molecule has 0 aliphatic rings. The number of hydrogen-bond acceptors (Lipinski definition) is 5. The molecule has 0 aliphatic carbocycles. The van der Waals surface area contributed by atoms with Crippen molar-refractivity contribution in [3.63, 3.8) is 0 Å². The third-order valence-electron chi connectivity index (χ3n) is 3.47. The summed E-state index contributed by atoms with van der Waals surface area (Å²) in [6.45, 7) is 5.86. The second kappa shape index (κ2) is 5.91. The molecule has 0 saturated carbocycles. The molecular formula is C16H16F3N5S. The molecule has 0 aliphatic heterocycles. The number of hydrogen-bond donors (Lipinski definition) is 1. The van der Waals surface area contributed by atoms with Gasteiger partial charge in [-0.25, -0.2) is 14.6 Å². The highest BCUT2D eigenvalue weighted by Gasteiger charge is 2.31. The summed E-state index contributed by atoms with van der Waals surface area (Å²) in [5.74, 6) is 0.245. The van der Waals surface area contributed by atoms with Gasteiger partial charge in [-0.05, 0) is 39.0 Å². The van der Waals surface area contributed by atoms with Gasteiger partial charge in [0.1, 0.15) is 17.2 Å². The van der Waals surface area contributed by atoms with Crippen molar-refractivity contribution in [2.24, 2.45) is 0 Å². The van der Waals surface area contributed by atoms with Crippen LogP contribution in [-0.2, 0) is 11.7 Å². The van der Waals surface area contributed by atoms with E-state index in [-0.39, 0.29) is 11.4 Å². The van der Waals surface area contributed by atoms with E-state index in [4.69, 9.17) is 5.73 Å². The Balaban J connectivity index is 2.11. The molecule has 2 N–H and O–H groups in total. The normalized spacial score (nSPS) is 12.7. The number of nitrogen functional groups attached to an aromatic ring is 1. The number of alkyl halides is 3. The Morgan fingerprint density at radius 3 is 2.48 bits per heavy atom. The zero-order chi connectivity index (χ0) is 18.4. The van der Waals surface area contributed by atoms with Gasteiger partial charge >= 0.3 is 6.18 Å². The Morgan fingerprint density at radius 2 is 1.84 bits per heavy atom. The minimum atomic E-state index is -4.40. The van der Waals surface area contributed by atoms with Crippen molar-refractivity contribution in [2.45, 2.75) is 42.4 Å². The summed E-state index contributed by atoms with van der Waals surface area (Å²) >= 11 is 1.11. The Bertz CT molecular complexity index is 928. The van der Waals surface area contributed by atoms with E-state index in [1.165, 1.54) is 12.4 Å². The second-order valence-electron chi connectivity index (χ2n) is 6.47. The number of fused-ring (bicyclic) bond motifs is 1. The first kappa shape index (κ1) is 17.5. The molecule has 0 spiro atoms. The van der Waals surface area contributed by atoms with Crippen LogP contribution < -0.4 is 5.73 Å². The molecule has 1 aromatic carbocycles. The van der Waals surface area contributed by atoms with Crippen molar-refractivity contribution in [2.75, 3.05) is 5.73 Å². The summed E-state index contributed by atoms with van der Waals surface area (Å²) in [5.41, 5.74) is 5.44. The van der Waals surface area contributed by atoms with Gasteiger partial charge in [0, 0.05) is 4.90 Å². The summed E-state index contributed by atoms with van der Waals surface area (Å²) in [6, 6.07) is 5.09. The highest BCUT2D eigenvalue weighted by atomic mass is 32.2. The molecule has 0 bridgehead atoms. The number of nitrogens with zero attached hydrogens (tertiary/aromatic N) is 4. The Morgan fingerprint density at radius 1 is 1.12 bits per heavy atom. The first-order valence-electron chi connectivity index (χ1n) is 7.42. The monoisotopic (exact) mass is 367 g/mol. The van der Waals surface area contributed by atoms with E-state index < -0.39 is 11.7 Å². The van der Waals surface area contributed by atoms with Crippen LogP contribution in [0.15, 0.2) is 40.5 Å². The van der Waals surface area contributed by atoms with Crippen LogP contribution in [0.3, 0.4) is 0 Å². The lowest BCUT2D eigenvalue weighted by Gasteiger charge is -2.19. The largest absolute Gasteiger partial charge is 0.416 e. The summed E-state index contributed by atoms with van der Waals surface area (Å²) in [5, 5.41) is 5.54. The molecule has 0 saturated heterocycles. The van der Waals surface area contributed by atoms with Crippen LogP contribution in [0, 0.1) is 0 Å². The van der Waals surface area contributed by atoms with Crippen LogP contribution in [0.1, 0.15) is 26.3 Å². The average molecular weight is 367 g/mol. The first-order valence-corrected chi connectivity index (χ1v) is 8.24. The SMILES string of the molecule is CC(C)(C)n1nc(Sc2cccc(C(F)(F)F)c2)c2c(N)ncnc21. The fourth-order valence-corrected chi connectivity index (χ4v) is 3.31. The molecule has 2 aromatic heterocycles. The number of nitrogens with two attached hydrogens (primary N) is 1. The van der Waals surface area contributed by atoms with Crippen LogP contribution >= 0.6 is 11.8 Å². The zero-order valence-electron chi connectivity index (χ0n) is 13.8. The lowest BCUT2D eigenvalue weighted by molar-refractivity contribution is -0.137. The summed E-state index contributed by atoms with van der Waals surface area (Å²) in [4.78, 5) is 8.64. The molecule has 5 nitrogen and oxygen atoms in total. The molecule has 132 valence electrons. The maximum absolute atomic E-state index is 12.9. The molecule has 3 rings (SSSR count). The number of benzene rings is 1. The minimum Gasteiger partial charge on any atom is -0.383 e. The van der Waals surface area contributed by atoms with Crippen LogP contribution in [0.4, 0.5) is 19.0 Å². The summed E-state index contributed by atoms with van der Waals surface area (Å²) < 4.78 is 40.5. The predicted molar refractivity (Wildman–Crippen MR) is 90.3 cm³/mol. The third kappa shape index (κ3) is 3.41. The van der Waals surface area contributed by atoms with Gasteiger partial charge < -0.3 is 5.73 Å². The average Bonchev–Trinajstić information content (AvgIpc) is 2.87. The highest BCUT2D eigenvalue weighted by molar-refractivity contribution is 7.99. The van der Waals surface area contributed by atoms with Gasteiger partial charge in [-0.1, -0.05) is 17.8 Å². The first-order chi connectivity index (χ1) is 11.6. The molecular weight excluding hydrogens is 351 g/mol. The van der Waals surface area contributed by atoms with Crippen LogP contribution in [-0.4, -0.2) is 19.7 Å². The highest BCUT2D eigenvalue weighted by Crippen LogP contribution is 2.38. The lowest BCUT2D eigenvalue weighted by atomic mass is 10.1. The summed E-state index contributed by atoms with van der Waals surface area (Å²) in [7, 11) is 0. The molecule has 0 atom stereocenters. The molecule has 25 heavy (non-hydrogen) atoms. The second-order valence-corrected chi connectivity index (χ2v) is 7.54. The van der Waals surface area contributed by atoms with Gasteiger partial charge in [0.2, 0.25) is 0 Å². The Kier molecular flexibility index (Phi) is 4.14. The van der Waals surface area contributed by atoms with Crippen molar-refractivity contribution in [3.05, 3.63) is 36.2 Å². The van der Waals surface area contributed by atoms with E-state index in [2.05, 4.69) is 15.1 Å². The minimum absolute atomic E-state index is 0.245. The number of halogens is 3. The third-order valence-corrected chi connectivity index (χ3v) is 4.44. The predicted octanol–water partition coefficient (Wildman–Crippen LogP) is 4.33. The van der Waals surface area contributed by atoms with Crippen molar-refractivity contribution < 1.29 is 13.2 Å². The van der Waals surface area contributed by atoms with Crippen molar-refractivity contribution >= 4 is 28.6 Å². The van der Waals surface area contributed by atoms with Crippen LogP contribution in [0.5, 0.6) is 0 Å². The van der Waals surface area contributed by atoms with Crippen LogP contribution in [0.2, 0.25) is 0 Å². The van der Waals surface area contributed by atoms with Crippen molar-refractivity contribution in [1.29, 1.82) is 0 Å². The molecule has 2 heterocycles. The van der Waals surface area contributed by atoms with Crippen molar-refractivity contribution in [1.82, 2.24) is 19.7 Å². The van der Waals surface area contributed by atoms with Gasteiger partial charge in [-0.15, -0.1) is 0 Å². The smallest absolute Gasteiger partial charge is 0.383 e. The van der Waals surface area contributed by atoms with Gasteiger partial charge in [-0.3, -0.25) is 0 Å². The van der Waals surface area contributed by atoms with Gasteiger partial charge in [0.25, 0.3) is 0 Å². The number of aromatic nitrogens is 4. The number of anilines is 1. The molecule has 0 radical (unpaired) electrons. The van der Waals surface area contributed by atoms with E-state index in [1.807, 2.05) is 20.8 Å². The van der Waals surface area contributed by atoms with E-state index in [1.54, 1.807) is 10.7 Å². The van der Waals surface area contributed by atoms with Gasteiger partial charge in [0.05, 0.1) is 16.5 Å².